The van der Waals surface area contributed by atoms with E-state index in [9.17, 15) is 13.6 Å². The first kappa shape index (κ1) is 11.0. The van der Waals surface area contributed by atoms with Gasteiger partial charge in [-0.1, -0.05) is 0 Å². The van der Waals surface area contributed by atoms with Gasteiger partial charge >= 0.3 is 0 Å². The maximum atomic E-state index is 13.5. The summed E-state index contributed by atoms with van der Waals surface area (Å²) in [5, 5.41) is 0. The zero-order chi connectivity index (χ0) is 11.7. The molecule has 0 saturated heterocycles. The first-order chi connectivity index (χ1) is 7.63. The van der Waals surface area contributed by atoms with Gasteiger partial charge in [-0.25, -0.2) is 8.78 Å². The van der Waals surface area contributed by atoms with Crippen molar-refractivity contribution in [3.8, 4) is 0 Å². The van der Waals surface area contributed by atoms with Gasteiger partial charge in [-0.2, -0.15) is 0 Å². The molecule has 1 aromatic carbocycles. The number of rotatable bonds is 2. The molecule has 5 heteroatoms. The molecule has 0 fully saturated rings. The Morgan fingerprint density at radius 2 is 2.12 bits per heavy atom. The third kappa shape index (κ3) is 1.78. The van der Waals surface area contributed by atoms with Crippen molar-refractivity contribution >= 4 is 5.91 Å². The summed E-state index contributed by atoms with van der Waals surface area (Å²) in [5.74, 6) is -1.83. The summed E-state index contributed by atoms with van der Waals surface area (Å²) in [6.07, 6.45) is 0.468. The number of carbonyl (C=O) groups is 1. The molecule has 1 aliphatic rings. The molecule has 2 rings (SSSR count). The maximum Gasteiger partial charge on any atom is 0.257 e. The van der Waals surface area contributed by atoms with Crippen LogP contribution in [0.25, 0.3) is 0 Å². The molecular formula is C11H12F2N2O. The van der Waals surface area contributed by atoms with Gasteiger partial charge in [0.15, 0.2) is 0 Å². The van der Waals surface area contributed by atoms with Crippen molar-refractivity contribution < 1.29 is 13.6 Å². The third-order valence-corrected chi connectivity index (χ3v) is 2.69. The van der Waals surface area contributed by atoms with E-state index in [1.165, 1.54) is 11.0 Å². The minimum absolute atomic E-state index is 0.0129. The Labute approximate surface area is 91.8 Å². The summed E-state index contributed by atoms with van der Waals surface area (Å²) in [7, 11) is 0. The first-order valence-electron chi connectivity index (χ1n) is 5.10. The highest BCUT2D eigenvalue weighted by molar-refractivity contribution is 5.97. The van der Waals surface area contributed by atoms with E-state index in [2.05, 4.69) is 0 Å². The molecular weight excluding hydrogens is 214 g/mol. The molecule has 86 valence electrons. The minimum atomic E-state index is -0.790. The predicted octanol–water partition coefficient (Wildman–Crippen LogP) is 0.922. The van der Waals surface area contributed by atoms with Crippen molar-refractivity contribution in [1.29, 1.82) is 0 Å². The van der Waals surface area contributed by atoms with Crippen LogP contribution in [0.4, 0.5) is 8.78 Å². The van der Waals surface area contributed by atoms with Crippen LogP contribution in [-0.2, 0) is 6.42 Å². The fourth-order valence-electron chi connectivity index (χ4n) is 1.95. The molecule has 1 heterocycles. The van der Waals surface area contributed by atoms with Gasteiger partial charge in [0.1, 0.15) is 11.6 Å². The quantitative estimate of drug-likeness (QED) is 0.815. The molecule has 0 atom stereocenters. The lowest BCUT2D eigenvalue weighted by molar-refractivity contribution is 0.0739. The van der Waals surface area contributed by atoms with E-state index >= 15 is 0 Å². The molecule has 0 spiro atoms. The van der Waals surface area contributed by atoms with Gasteiger partial charge in [0.25, 0.3) is 5.91 Å². The summed E-state index contributed by atoms with van der Waals surface area (Å²) < 4.78 is 26.4. The average molecular weight is 226 g/mol. The van der Waals surface area contributed by atoms with E-state index in [4.69, 9.17) is 5.73 Å². The van der Waals surface area contributed by atoms with Crippen molar-refractivity contribution in [3.63, 3.8) is 0 Å². The molecule has 0 unspecified atom stereocenters. The molecule has 0 aliphatic carbocycles. The maximum absolute atomic E-state index is 13.5. The van der Waals surface area contributed by atoms with Crippen LogP contribution < -0.4 is 5.73 Å². The number of hydrogen-bond acceptors (Lipinski definition) is 2. The third-order valence-electron chi connectivity index (χ3n) is 2.69. The van der Waals surface area contributed by atoms with Crippen molar-refractivity contribution in [2.75, 3.05) is 19.6 Å². The van der Waals surface area contributed by atoms with E-state index in [1.807, 2.05) is 0 Å². The second-order valence-corrected chi connectivity index (χ2v) is 3.75. The van der Waals surface area contributed by atoms with Crippen LogP contribution in [0, 0.1) is 11.6 Å². The second-order valence-electron chi connectivity index (χ2n) is 3.75. The number of halogens is 2. The van der Waals surface area contributed by atoms with E-state index in [0.29, 0.717) is 31.6 Å². The monoisotopic (exact) mass is 226 g/mol. The number of carbonyl (C=O) groups excluding carboxylic acids is 1. The van der Waals surface area contributed by atoms with Crippen LogP contribution in [0.15, 0.2) is 12.1 Å². The van der Waals surface area contributed by atoms with Gasteiger partial charge in [-0.15, -0.1) is 0 Å². The van der Waals surface area contributed by atoms with Gasteiger partial charge in [-0.05, 0) is 18.1 Å². The molecule has 0 aromatic heterocycles. The van der Waals surface area contributed by atoms with E-state index in [0.717, 1.165) is 6.07 Å². The van der Waals surface area contributed by atoms with Crippen molar-refractivity contribution in [2.45, 2.75) is 6.42 Å². The number of nitrogens with two attached hydrogens (primary N) is 1. The van der Waals surface area contributed by atoms with E-state index < -0.39 is 17.5 Å². The molecule has 0 bridgehead atoms. The molecule has 3 nitrogen and oxygen atoms in total. The SMILES string of the molecule is NCCN1CCc2cc(F)cc(F)c2C1=O. The fourth-order valence-corrected chi connectivity index (χ4v) is 1.95. The topological polar surface area (TPSA) is 46.3 Å². The number of hydrogen-bond donors (Lipinski definition) is 1. The van der Waals surface area contributed by atoms with E-state index in [-0.39, 0.29) is 5.56 Å². The minimum Gasteiger partial charge on any atom is -0.337 e. The van der Waals surface area contributed by atoms with Gasteiger partial charge in [-0.3, -0.25) is 4.79 Å². The lowest BCUT2D eigenvalue weighted by Crippen LogP contribution is -2.41. The van der Waals surface area contributed by atoms with Crippen LogP contribution in [0.5, 0.6) is 0 Å². The fraction of sp³-hybridized carbons (Fsp3) is 0.364. The molecule has 0 radical (unpaired) electrons. The molecule has 2 N–H and O–H groups in total. The Hall–Kier alpha value is -1.49. The number of fused-ring (bicyclic) bond motifs is 1. The number of benzene rings is 1. The van der Waals surface area contributed by atoms with Crippen molar-refractivity contribution in [3.05, 3.63) is 34.9 Å². The highest BCUT2D eigenvalue weighted by Gasteiger charge is 2.27. The Kier molecular flexibility index (Phi) is 2.87. The van der Waals surface area contributed by atoms with Gasteiger partial charge < -0.3 is 10.6 Å². The molecule has 1 amide bonds. The van der Waals surface area contributed by atoms with Crippen molar-refractivity contribution in [1.82, 2.24) is 4.90 Å². The van der Waals surface area contributed by atoms with Gasteiger partial charge in [0, 0.05) is 25.7 Å². The standard InChI is InChI=1S/C11H12F2N2O/c12-8-5-7-1-3-15(4-2-14)11(16)10(7)9(13)6-8/h5-6H,1-4,14H2. The molecule has 1 aromatic rings. The lowest BCUT2D eigenvalue weighted by atomic mass is 9.98. The van der Waals surface area contributed by atoms with Crippen LogP contribution in [0.1, 0.15) is 15.9 Å². The lowest BCUT2D eigenvalue weighted by Gasteiger charge is -2.28. The summed E-state index contributed by atoms with van der Waals surface area (Å²) in [4.78, 5) is 13.3. The Morgan fingerprint density at radius 3 is 2.81 bits per heavy atom. The van der Waals surface area contributed by atoms with Crippen LogP contribution in [0.3, 0.4) is 0 Å². The zero-order valence-corrected chi connectivity index (χ0v) is 8.67. The summed E-state index contributed by atoms with van der Waals surface area (Å²) >= 11 is 0. The molecule has 1 aliphatic heterocycles. The summed E-state index contributed by atoms with van der Waals surface area (Å²) in [6, 6.07) is 1.96. The number of amides is 1. The molecule has 0 saturated carbocycles. The normalized spacial score (nSPS) is 15.2. The largest absolute Gasteiger partial charge is 0.337 e. The smallest absolute Gasteiger partial charge is 0.257 e. The van der Waals surface area contributed by atoms with Crippen LogP contribution in [0.2, 0.25) is 0 Å². The summed E-state index contributed by atoms with van der Waals surface area (Å²) in [6.45, 7) is 1.20. The van der Waals surface area contributed by atoms with Gasteiger partial charge in [0.2, 0.25) is 0 Å². The highest BCUT2D eigenvalue weighted by atomic mass is 19.1. The molecule has 16 heavy (non-hydrogen) atoms. The van der Waals surface area contributed by atoms with E-state index in [1.54, 1.807) is 0 Å². The first-order valence-corrected chi connectivity index (χ1v) is 5.10. The zero-order valence-electron chi connectivity index (χ0n) is 8.67. The predicted molar refractivity (Wildman–Crippen MR) is 55.0 cm³/mol. The Bertz CT molecular complexity index is 434. The van der Waals surface area contributed by atoms with Crippen LogP contribution >= 0.6 is 0 Å². The number of nitrogens with zero attached hydrogens (tertiary/aromatic N) is 1. The van der Waals surface area contributed by atoms with Crippen LogP contribution in [-0.4, -0.2) is 30.4 Å². The van der Waals surface area contributed by atoms with Gasteiger partial charge in [0.05, 0.1) is 5.56 Å². The summed E-state index contributed by atoms with van der Waals surface area (Å²) in [5.41, 5.74) is 5.78. The van der Waals surface area contributed by atoms with Crippen molar-refractivity contribution in [2.24, 2.45) is 5.73 Å². The average Bonchev–Trinajstić information content (AvgIpc) is 2.21. The Balaban J connectivity index is 2.41. The Morgan fingerprint density at radius 1 is 1.38 bits per heavy atom. The highest BCUT2D eigenvalue weighted by Crippen LogP contribution is 2.22. The second kappa shape index (κ2) is 4.17.